The lowest BCUT2D eigenvalue weighted by Crippen LogP contribution is -2.40. The second-order valence-corrected chi connectivity index (χ2v) is 6.64. The van der Waals surface area contributed by atoms with Crippen LogP contribution in [0, 0.1) is 17.3 Å². The first kappa shape index (κ1) is 13.1. The number of rotatable bonds is 3. The van der Waals surface area contributed by atoms with Crippen LogP contribution in [0.3, 0.4) is 0 Å². The molecule has 1 heteroatoms. The largest absolute Gasteiger partial charge is 0.300 e. The Hall–Kier alpha value is -0.330. The van der Waals surface area contributed by atoms with Gasteiger partial charge in [0.2, 0.25) is 0 Å². The quantitative estimate of drug-likeness (QED) is 0.691. The molecule has 0 unspecified atom stereocenters. The SMILES string of the molecule is CC(=O)CC[C@H]1[C@@H](C)CCCC12CCCCC2. The fourth-order valence-electron chi connectivity index (χ4n) is 4.59. The van der Waals surface area contributed by atoms with Crippen LogP contribution in [0.1, 0.15) is 78.1 Å². The summed E-state index contributed by atoms with van der Waals surface area (Å²) < 4.78 is 0. The Bertz CT molecular complexity index is 257. The minimum atomic E-state index is 0.383. The van der Waals surface area contributed by atoms with Crippen LogP contribution in [0.5, 0.6) is 0 Å². The van der Waals surface area contributed by atoms with E-state index < -0.39 is 0 Å². The van der Waals surface area contributed by atoms with E-state index in [-0.39, 0.29) is 0 Å². The van der Waals surface area contributed by atoms with E-state index in [1.54, 1.807) is 6.92 Å². The molecule has 2 aliphatic carbocycles. The zero-order chi connectivity index (χ0) is 12.3. The Balaban J connectivity index is 2.06. The van der Waals surface area contributed by atoms with Crippen molar-refractivity contribution < 1.29 is 4.79 Å². The number of carbonyl (C=O) groups is 1. The van der Waals surface area contributed by atoms with Gasteiger partial charge >= 0.3 is 0 Å². The first-order chi connectivity index (χ1) is 8.14. The number of carbonyl (C=O) groups excluding carboxylic acids is 1. The molecule has 1 nitrogen and oxygen atoms in total. The predicted octanol–water partition coefficient (Wildman–Crippen LogP) is 4.74. The van der Waals surface area contributed by atoms with Gasteiger partial charge in [-0.05, 0) is 49.9 Å². The molecule has 17 heavy (non-hydrogen) atoms. The Morgan fingerprint density at radius 3 is 2.41 bits per heavy atom. The molecular formula is C16H28O. The van der Waals surface area contributed by atoms with Gasteiger partial charge in [-0.25, -0.2) is 0 Å². The molecule has 1 spiro atoms. The van der Waals surface area contributed by atoms with Crippen LogP contribution in [-0.4, -0.2) is 5.78 Å². The lowest BCUT2D eigenvalue weighted by molar-refractivity contribution is -0.118. The molecular weight excluding hydrogens is 208 g/mol. The van der Waals surface area contributed by atoms with Crippen molar-refractivity contribution in [1.82, 2.24) is 0 Å². The van der Waals surface area contributed by atoms with Crippen LogP contribution in [0.4, 0.5) is 0 Å². The zero-order valence-corrected chi connectivity index (χ0v) is 11.6. The lowest BCUT2D eigenvalue weighted by Gasteiger charge is -2.50. The van der Waals surface area contributed by atoms with Crippen molar-refractivity contribution in [3.63, 3.8) is 0 Å². The van der Waals surface area contributed by atoms with E-state index in [0.717, 1.165) is 24.7 Å². The van der Waals surface area contributed by atoms with Crippen molar-refractivity contribution in [1.29, 1.82) is 0 Å². The average Bonchev–Trinajstić information content (AvgIpc) is 2.29. The summed E-state index contributed by atoms with van der Waals surface area (Å²) in [6, 6.07) is 0. The molecule has 0 aromatic rings. The smallest absolute Gasteiger partial charge is 0.129 e. The van der Waals surface area contributed by atoms with Crippen LogP contribution < -0.4 is 0 Å². The van der Waals surface area contributed by atoms with E-state index in [2.05, 4.69) is 6.92 Å². The van der Waals surface area contributed by atoms with Crippen LogP contribution >= 0.6 is 0 Å². The molecule has 2 rings (SSSR count). The molecule has 0 heterocycles. The number of hydrogen-bond acceptors (Lipinski definition) is 1. The first-order valence-corrected chi connectivity index (χ1v) is 7.63. The van der Waals surface area contributed by atoms with E-state index in [1.165, 1.54) is 51.4 Å². The van der Waals surface area contributed by atoms with Crippen molar-refractivity contribution in [3.8, 4) is 0 Å². The topological polar surface area (TPSA) is 17.1 Å². The second-order valence-electron chi connectivity index (χ2n) is 6.64. The summed E-state index contributed by atoms with van der Waals surface area (Å²) in [4.78, 5) is 11.3. The highest BCUT2D eigenvalue weighted by atomic mass is 16.1. The summed E-state index contributed by atoms with van der Waals surface area (Å²) in [5.74, 6) is 2.07. The molecule has 2 aliphatic rings. The van der Waals surface area contributed by atoms with E-state index in [9.17, 15) is 4.79 Å². The van der Waals surface area contributed by atoms with Gasteiger partial charge in [0.25, 0.3) is 0 Å². The monoisotopic (exact) mass is 236 g/mol. The predicted molar refractivity (Wildman–Crippen MR) is 71.9 cm³/mol. The van der Waals surface area contributed by atoms with Gasteiger partial charge in [0.1, 0.15) is 5.78 Å². The Kier molecular flexibility index (Phi) is 4.27. The second kappa shape index (κ2) is 5.54. The fraction of sp³-hybridized carbons (Fsp3) is 0.938. The fourth-order valence-corrected chi connectivity index (χ4v) is 4.59. The van der Waals surface area contributed by atoms with Gasteiger partial charge in [-0.1, -0.05) is 39.0 Å². The van der Waals surface area contributed by atoms with Gasteiger partial charge in [-0.3, -0.25) is 0 Å². The molecule has 0 radical (unpaired) electrons. The van der Waals surface area contributed by atoms with E-state index in [4.69, 9.17) is 0 Å². The summed E-state index contributed by atoms with van der Waals surface area (Å²) in [6.07, 6.45) is 13.4. The third kappa shape index (κ3) is 2.92. The molecule has 0 aliphatic heterocycles. The molecule has 98 valence electrons. The molecule has 0 amide bonds. The molecule has 0 aromatic heterocycles. The normalized spacial score (nSPS) is 32.6. The highest BCUT2D eigenvalue weighted by molar-refractivity contribution is 5.75. The van der Waals surface area contributed by atoms with E-state index in [0.29, 0.717) is 11.2 Å². The first-order valence-electron chi connectivity index (χ1n) is 7.63. The molecule has 0 aromatic carbocycles. The third-order valence-corrected chi connectivity index (χ3v) is 5.46. The summed E-state index contributed by atoms with van der Waals surface area (Å²) in [5, 5.41) is 0. The number of Topliss-reactive ketones (excluding diaryl/α,β-unsaturated/α-hetero) is 1. The number of ketones is 1. The van der Waals surface area contributed by atoms with Gasteiger partial charge < -0.3 is 4.79 Å². The van der Waals surface area contributed by atoms with Gasteiger partial charge in [0.15, 0.2) is 0 Å². The van der Waals surface area contributed by atoms with Crippen LogP contribution in [-0.2, 0) is 4.79 Å². The molecule has 2 fully saturated rings. The maximum Gasteiger partial charge on any atom is 0.129 e. The van der Waals surface area contributed by atoms with Gasteiger partial charge in [-0.2, -0.15) is 0 Å². The summed E-state index contributed by atoms with van der Waals surface area (Å²) in [6.45, 7) is 4.18. The summed E-state index contributed by atoms with van der Waals surface area (Å²) in [7, 11) is 0. The highest BCUT2D eigenvalue weighted by Crippen LogP contribution is 2.54. The Labute approximate surface area is 106 Å². The standard InChI is InChI=1S/C16H28O/c1-13-7-6-12-16(10-4-3-5-11-16)15(13)9-8-14(2)17/h13,15H,3-12H2,1-2H3/t13-,15-/m0/s1. The Morgan fingerprint density at radius 2 is 1.76 bits per heavy atom. The third-order valence-electron chi connectivity index (χ3n) is 5.46. The maximum atomic E-state index is 11.3. The van der Waals surface area contributed by atoms with Crippen LogP contribution in [0.25, 0.3) is 0 Å². The van der Waals surface area contributed by atoms with Crippen molar-refractivity contribution in [2.24, 2.45) is 17.3 Å². The minimum Gasteiger partial charge on any atom is -0.300 e. The highest BCUT2D eigenvalue weighted by Gasteiger charge is 2.43. The zero-order valence-electron chi connectivity index (χ0n) is 11.6. The van der Waals surface area contributed by atoms with Crippen molar-refractivity contribution in [2.75, 3.05) is 0 Å². The Morgan fingerprint density at radius 1 is 1.12 bits per heavy atom. The molecule has 2 atom stereocenters. The van der Waals surface area contributed by atoms with Crippen LogP contribution in [0.2, 0.25) is 0 Å². The van der Waals surface area contributed by atoms with Crippen molar-refractivity contribution in [3.05, 3.63) is 0 Å². The average molecular weight is 236 g/mol. The van der Waals surface area contributed by atoms with Crippen molar-refractivity contribution >= 4 is 5.78 Å². The van der Waals surface area contributed by atoms with Gasteiger partial charge in [-0.15, -0.1) is 0 Å². The minimum absolute atomic E-state index is 0.383. The number of hydrogen-bond donors (Lipinski definition) is 0. The van der Waals surface area contributed by atoms with Crippen molar-refractivity contribution in [2.45, 2.75) is 78.1 Å². The molecule has 0 bridgehead atoms. The maximum absolute atomic E-state index is 11.3. The van der Waals surface area contributed by atoms with E-state index in [1.807, 2.05) is 0 Å². The molecule has 0 N–H and O–H groups in total. The van der Waals surface area contributed by atoms with E-state index >= 15 is 0 Å². The summed E-state index contributed by atoms with van der Waals surface area (Å²) >= 11 is 0. The summed E-state index contributed by atoms with van der Waals surface area (Å²) in [5.41, 5.74) is 0.630. The lowest BCUT2D eigenvalue weighted by atomic mass is 9.55. The molecule has 0 saturated heterocycles. The van der Waals surface area contributed by atoms with Gasteiger partial charge in [0.05, 0.1) is 0 Å². The van der Waals surface area contributed by atoms with Gasteiger partial charge in [0, 0.05) is 6.42 Å². The van der Waals surface area contributed by atoms with Crippen LogP contribution in [0.15, 0.2) is 0 Å². The molecule has 2 saturated carbocycles.